The maximum Gasteiger partial charge on any atom is 0.221 e. The van der Waals surface area contributed by atoms with Crippen LogP contribution < -0.4 is 15.5 Å². The Morgan fingerprint density at radius 3 is 3.12 bits per heavy atom. The zero-order chi connectivity index (χ0) is 12.1. The fourth-order valence-corrected chi connectivity index (χ4v) is 2.12. The van der Waals surface area contributed by atoms with E-state index in [1.165, 1.54) is 11.3 Å². The summed E-state index contributed by atoms with van der Waals surface area (Å²) in [4.78, 5) is 13.6. The Hall–Kier alpha value is -1.55. The molecule has 0 saturated heterocycles. The van der Waals surface area contributed by atoms with Gasteiger partial charge in [-0.1, -0.05) is 18.2 Å². The molecule has 0 aliphatic carbocycles. The Balaban J connectivity index is 2.09. The van der Waals surface area contributed by atoms with Gasteiger partial charge in [-0.05, 0) is 11.6 Å². The van der Waals surface area contributed by atoms with Crippen molar-refractivity contribution in [1.29, 1.82) is 0 Å². The molecule has 1 aliphatic rings. The summed E-state index contributed by atoms with van der Waals surface area (Å²) in [5.74, 6) is 0.0969. The molecule has 0 atom stereocenters. The molecule has 92 valence electrons. The highest BCUT2D eigenvalue weighted by molar-refractivity contribution is 5.76. The first kappa shape index (κ1) is 11.9. The van der Waals surface area contributed by atoms with Gasteiger partial charge < -0.3 is 15.5 Å². The number of rotatable bonds is 3. The summed E-state index contributed by atoms with van der Waals surface area (Å²) in [7, 11) is 1.68. The third-order valence-electron chi connectivity index (χ3n) is 3.09. The molecule has 1 amide bonds. The fraction of sp³-hybridized carbons (Fsp3) is 0.462. The molecule has 0 radical (unpaired) electrons. The Labute approximate surface area is 102 Å². The molecule has 2 rings (SSSR count). The van der Waals surface area contributed by atoms with Crippen LogP contribution in [0.1, 0.15) is 12.0 Å². The zero-order valence-electron chi connectivity index (χ0n) is 10.2. The normalized spacial score (nSPS) is 15.0. The first-order valence-electron chi connectivity index (χ1n) is 6.05. The summed E-state index contributed by atoms with van der Waals surface area (Å²) >= 11 is 0. The molecule has 0 bridgehead atoms. The molecule has 2 N–H and O–H groups in total. The van der Waals surface area contributed by atoms with Crippen LogP contribution in [-0.4, -0.2) is 32.6 Å². The summed E-state index contributed by atoms with van der Waals surface area (Å²) in [6.07, 6.45) is 0.546. The topological polar surface area (TPSA) is 44.4 Å². The van der Waals surface area contributed by atoms with Crippen LogP contribution in [0, 0.1) is 0 Å². The number of benzene rings is 1. The van der Waals surface area contributed by atoms with E-state index in [-0.39, 0.29) is 5.91 Å². The van der Waals surface area contributed by atoms with Crippen molar-refractivity contribution in [3.8, 4) is 0 Å². The van der Waals surface area contributed by atoms with Crippen molar-refractivity contribution in [1.82, 2.24) is 10.6 Å². The monoisotopic (exact) mass is 233 g/mol. The molecular weight excluding hydrogens is 214 g/mol. The van der Waals surface area contributed by atoms with Crippen LogP contribution in [0.3, 0.4) is 0 Å². The van der Waals surface area contributed by atoms with Gasteiger partial charge in [0, 0.05) is 45.3 Å². The molecule has 4 nitrogen and oxygen atoms in total. The molecule has 0 spiro atoms. The molecule has 0 saturated carbocycles. The molecular formula is C13H19N3O. The van der Waals surface area contributed by atoms with Gasteiger partial charge in [0.25, 0.3) is 0 Å². The summed E-state index contributed by atoms with van der Waals surface area (Å²) in [6.45, 7) is 3.60. The van der Waals surface area contributed by atoms with E-state index in [0.29, 0.717) is 6.42 Å². The average Bonchev–Trinajstić information content (AvgIpc) is 2.58. The van der Waals surface area contributed by atoms with Crippen LogP contribution in [0.5, 0.6) is 0 Å². The predicted octanol–water partition coefficient (Wildman–Crippen LogP) is 0.732. The second-order valence-electron chi connectivity index (χ2n) is 4.22. The maximum absolute atomic E-state index is 11.3. The average molecular weight is 233 g/mol. The van der Waals surface area contributed by atoms with Crippen molar-refractivity contribution in [2.75, 3.05) is 31.6 Å². The van der Waals surface area contributed by atoms with Crippen LogP contribution in [0.25, 0.3) is 0 Å². The maximum atomic E-state index is 11.3. The summed E-state index contributed by atoms with van der Waals surface area (Å²) < 4.78 is 0. The highest BCUT2D eigenvalue weighted by Crippen LogP contribution is 2.21. The van der Waals surface area contributed by atoms with Crippen molar-refractivity contribution in [2.24, 2.45) is 0 Å². The highest BCUT2D eigenvalue weighted by Gasteiger charge is 2.14. The molecule has 0 fully saturated rings. The van der Waals surface area contributed by atoms with E-state index in [9.17, 15) is 4.79 Å². The summed E-state index contributed by atoms with van der Waals surface area (Å²) in [5.41, 5.74) is 2.56. The van der Waals surface area contributed by atoms with Gasteiger partial charge in [-0.15, -0.1) is 0 Å². The van der Waals surface area contributed by atoms with Gasteiger partial charge in [0.1, 0.15) is 0 Å². The fourth-order valence-electron chi connectivity index (χ4n) is 2.12. The SMILES string of the molecule is CNC(=O)CCN1CCNCc2ccccc21. The largest absolute Gasteiger partial charge is 0.369 e. The minimum atomic E-state index is 0.0969. The number of para-hydroxylation sites is 1. The predicted molar refractivity (Wildman–Crippen MR) is 69.0 cm³/mol. The number of nitrogens with zero attached hydrogens (tertiary/aromatic N) is 1. The third kappa shape index (κ3) is 2.97. The van der Waals surface area contributed by atoms with Crippen LogP contribution >= 0.6 is 0 Å². The molecule has 1 heterocycles. The second-order valence-corrected chi connectivity index (χ2v) is 4.22. The van der Waals surface area contributed by atoms with E-state index in [1.54, 1.807) is 7.05 Å². The third-order valence-corrected chi connectivity index (χ3v) is 3.09. The van der Waals surface area contributed by atoms with E-state index in [4.69, 9.17) is 0 Å². The Bertz CT molecular complexity index is 392. The van der Waals surface area contributed by atoms with E-state index >= 15 is 0 Å². The molecule has 1 aromatic rings. The van der Waals surface area contributed by atoms with Gasteiger partial charge in [0.05, 0.1) is 0 Å². The van der Waals surface area contributed by atoms with Crippen LogP contribution in [0.4, 0.5) is 5.69 Å². The quantitative estimate of drug-likeness (QED) is 0.809. The van der Waals surface area contributed by atoms with Gasteiger partial charge in [0.2, 0.25) is 5.91 Å². The standard InChI is InChI=1S/C13H19N3O/c1-14-13(17)6-8-16-9-7-15-10-11-4-2-3-5-12(11)16/h2-5,15H,6-10H2,1H3,(H,14,17). The highest BCUT2D eigenvalue weighted by atomic mass is 16.1. The van der Waals surface area contributed by atoms with E-state index in [2.05, 4.69) is 39.8 Å². The van der Waals surface area contributed by atoms with E-state index < -0.39 is 0 Å². The summed E-state index contributed by atoms with van der Waals surface area (Å²) in [6, 6.07) is 8.38. The smallest absolute Gasteiger partial charge is 0.221 e. The molecule has 4 heteroatoms. The molecule has 0 unspecified atom stereocenters. The lowest BCUT2D eigenvalue weighted by molar-refractivity contribution is -0.120. The lowest BCUT2D eigenvalue weighted by Gasteiger charge is -2.24. The van der Waals surface area contributed by atoms with E-state index in [0.717, 1.165) is 26.2 Å². The molecule has 17 heavy (non-hydrogen) atoms. The number of fused-ring (bicyclic) bond motifs is 1. The zero-order valence-corrected chi connectivity index (χ0v) is 10.2. The minimum Gasteiger partial charge on any atom is -0.369 e. The Kier molecular flexibility index (Phi) is 3.98. The van der Waals surface area contributed by atoms with Crippen molar-refractivity contribution in [3.63, 3.8) is 0 Å². The summed E-state index contributed by atoms with van der Waals surface area (Å²) in [5, 5.41) is 6.06. The van der Waals surface area contributed by atoms with Crippen molar-refractivity contribution in [2.45, 2.75) is 13.0 Å². The van der Waals surface area contributed by atoms with Gasteiger partial charge in [-0.2, -0.15) is 0 Å². The number of amides is 1. The van der Waals surface area contributed by atoms with Crippen LogP contribution in [0.2, 0.25) is 0 Å². The van der Waals surface area contributed by atoms with Crippen molar-refractivity contribution >= 4 is 11.6 Å². The number of carbonyl (C=O) groups is 1. The first-order chi connectivity index (χ1) is 8.31. The second kappa shape index (κ2) is 5.68. The lowest BCUT2D eigenvalue weighted by Crippen LogP contribution is -2.32. The van der Waals surface area contributed by atoms with Crippen molar-refractivity contribution < 1.29 is 4.79 Å². The van der Waals surface area contributed by atoms with Crippen molar-refractivity contribution in [3.05, 3.63) is 29.8 Å². The number of nitrogens with one attached hydrogen (secondary N) is 2. The minimum absolute atomic E-state index is 0.0969. The van der Waals surface area contributed by atoms with Crippen LogP contribution in [0.15, 0.2) is 24.3 Å². The molecule has 1 aliphatic heterocycles. The van der Waals surface area contributed by atoms with E-state index in [1.807, 2.05) is 0 Å². The van der Waals surface area contributed by atoms with Gasteiger partial charge in [-0.3, -0.25) is 4.79 Å². The van der Waals surface area contributed by atoms with Gasteiger partial charge >= 0.3 is 0 Å². The number of hydrogen-bond acceptors (Lipinski definition) is 3. The van der Waals surface area contributed by atoms with Crippen LogP contribution in [-0.2, 0) is 11.3 Å². The lowest BCUT2D eigenvalue weighted by atomic mass is 10.1. The number of anilines is 1. The number of carbonyl (C=O) groups excluding carboxylic acids is 1. The molecule has 1 aromatic carbocycles. The van der Waals surface area contributed by atoms with Gasteiger partial charge in [0.15, 0.2) is 0 Å². The Morgan fingerprint density at radius 2 is 2.29 bits per heavy atom. The first-order valence-corrected chi connectivity index (χ1v) is 6.05. The Morgan fingerprint density at radius 1 is 1.47 bits per heavy atom. The molecule has 0 aromatic heterocycles. The van der Waals surface area contributed by atoms with Gasteiger partial charge in [-0.25, -0.2) is 0 Å². The number of hydrogen-bond donors (Lipinski definition) is 2.